The molecule has 4 rings (SSSR count). The molecule has 2 amide bonds. The number of para-hydroxylation sites is 2. The largest absolute Gasteiger partial charge is 0.497 e. The van der Waals surface area contributed by atoms with Crippen LogP contribution in [0, 0.1) is 0 Å². The minimum absolute atomic E-state index is 0.0945. The number of aryl methyl sites for hydroxylation is 1. The minimum atomic E-state index is -0.137. The summed E-state index contributed by atoms with van der Waals surface area (Å²) >= 11 is 0. The number of nitrogens with one attached hydrogen (secondary N) is 2. The van der Waals surface area contributed by atoms with Gasteiger partial charge in [0.25, 0.3) is 5.91 Å². The lowest BCUT2D eigenvalue weighted by Gasteiger charge is -2.11. The van der Waals surface area contributed by atoms with E-state index in [1.54, 1.807) is 43.5 Å². The molecule has 7 nitrogen and oxygen atoms in total. The normalized spacial score (nSPS) is 10.7. The van der Waals surface area contributed by atoms with E-state index in [9.17, 15) is 9.59 Å². The molecule has 7 heteroatoms. The van der Waals surface area contributed by atoms with E-state index in [2.05, 4.69) is 10.6 Å². The van der Waals surface area contributed by atoms with Crippen molar-refractivity contribution in [3.05, 3.63) is 90.3 Å². The van der Waals surface area contributed by atoms with Gasteiger partial charge in [0, 0.05) is 24.2 Å². The van der Waals surface area contributed by atoms with Gasteiger partial charge >= 0.3 is 0 Å². The maximum atomic E-state index is 12.8. The van der Waals surface area contributed by atoms with Crippen LogP contribution in [0.4, 0.5) is 5.69 Å². The molecule has 0 saturated heterocycles. The van der Waals surface area contributed by atoms with Crippen LogP contribution in [0.5, 0.6) is 5.75 Å². The Balaban J connectivity index is 1.40. The maximum Gasteiger partial charge on any atom is 0.251 e. The highest BCUT2D eigenvalue weighted by Crippen LogP contribution is 2.19. The van der Waals surface area contributed by atoms with Crippen molar-refractivity contribution in [2.75, 3.05) is 19.0 Å². The summed E-state index contributed by atoms with van der Waals surface area (Å²) in [4.78, 5) is 29.7. The first-order valence-corrected chi connectivity index (χ1v) is 10.9. The number of fused-ring (bicyclic) bond motifs is 1. The number of aromatic nitrogens is 2. The fourth-order valence-corrected chi connectivity index (χ4v) is 3.65. The Morgan fingerprint density at radius 1 is 0.939 bits per heavy atom. The van der Waals surface area contributed by atoms with E-state index in [1.807, 2.05) is 47.0 Å². The van der Waals surface area contributed by atoms with Gasteiger partial charge in [-0.2, -0.15) is 0 Å². The van der Waals surface area contributed by atoms with Crippen molar-refractivity contribution in [1.82, 2.24) is 14.9 Å². The number of imidazole rings is 1. The predicted molar refractivity (Wildman–Crippen MR) is 128 cm³/mol. The van der Waals surface area contributed by atoms with Crippen LogP contribution < -0.4 is 15.4 Å². The Morgan fingerprint density at radius 2 is 1.67 bits per heavy atom. The van der Waals surface area contributed by atoms with E-state index in [1.165, 1.54) is 0 Å². The van der Waals surface area contributed by atoms with Crippen LogP contribution >= 0.6 is 0 Å². The second-order valence-corrected chi connectivity index (χ2v) is 7.61. The topological polar surface area (TPSA) is 85.2 Å². The first-order valence-electron chi connectivity index (χ1n) is 10.9. The van der Waals surface area contributed by atoms with Gasteiger partial charge in [-0.25, -0.2) is 4.98 Å². The fraction of sp³-hybridized carbons (Fsp3) is 0.192. The molecule has 0 aliphatic heterocycles. The maximum absolute atomic E-state index is 12.8. The third-order valence-electron chi connectivity index (χ3n) is 5.31. The fourth-order valence-electron chi connectivity index (χ4n) is 3.65. The van der Waals surface area contributed by atoms with Crippen LogP contribution in [0.2, 0.25) is 0 Å². The molecule has 33 heavy (non-hydrogen) atoms. The molecule has 0 radical (unpaired) electrons. The zero-order chi connectivity index (χ0) is 23.0. The minimum Gasteiger partial charge on any atom is -0.497 e. The lowest BCUT2D eigenvalue weighted by atomic mass is 10.2. The van der Waals surface area contributed by atoms with Gasteiger partial charge in [-0.15, -0.1) is 0 Å². The Hall–Kier alpha value is -4.13. The van der Waals surface area contributed by atoms with Crippen molar-refractivity contribution in [1.29, 1.82) is 0 Å². The summed E-state index contributed by atoms with van der Waals surface area (Å²) in [6, 6.07) is 24.1. The molecule has 4 aromatic rings. The molecule has 0 spiro atoms. The summed E-state index contributed by atoms with van der Waals surface area (Å²) in [5, 5.41) is 5.86. The average molecular weight is 443 g/mol. The molecule has 2 N–H and O–H groups in total. The quantitative estimate of drug-likeness (QED) is 0.383. The Labute approximate surface area is 192 Å². The molecule has 0 unspecified atom stereocenters. The molecule has 1 aromatic heterocycles. The number of ether oxygens (including phenoxy) is 1. The van der Waals surface area contributed by atoms with Crippen molar-refractivity contribution < 1.29 is 14.3 Å². The van der Waals surface area contributed by atoms with Gasteiger partial charge in [0.1, 0.15) is 18.1 Å². The van der Waals surface area contributed by atoms with Crippen LogP contribution in [0.3, 0.4) is 0 Å². The number of benzene rings is 3. The van der Waals surface area contributed by atoms with Gasteiger partial charge in [-0.05, 0) is 55.0 Å². The Bertz CT molecular complexity index is 1230. The van der Waals surface area contributed by atoms with E-state index in [0.29, 0.717) is 30.6 Å². The number of hydrogen-bond acceptors (Lipinski definition) is 4. The number of methoxy groups -OCH3 is 1. The van der Waals surface area contributed by atoms with Crippen LogP contribution in [0.15, 0.2) is 78.9 Å². The number of carbonyl (C=O) groups is 2. The van der Waals surface area contributed by atoms with E-state index in [-0.39, 0.29) is 18.4 Å². The molecular weight excluding hydrogens is 416 g/mol. The van der Waals surface area contributed by atoms with Crippen molar-refractivity contribution in [3.8, 4) is 5.75 Å². The van der Waals surface area contributed by atoms with Crippen molar-refractivity contribution >= 4 is 28.5 Å². The lowest BCUT2D eigenvalue weighted by Crippen LogP contribution is -2.25. The summed E-state index contributed by atoms with van der Waals surface area (Å²) in [6.45, 7) is 0.674. The van der Waals surface area contributed by atoms with Crippen LogP contribution in [0.25, 0.3) is 11.0 Å². The number of amides is 2. The third kappa shape index (κ3) is 5.57. The van der Waals surface area contributed by atoms with Gasteiger partial charge in [-0.1, -0.05) is 30.3 Å². The van der Waals surface area contributed by atoms with Gasteiger partial charge in [0.2, 0.25) is 5.91 Å². The van der Waals surface area contributed by atoms with E-state index in [0.717, 1.165) is 22.6 Å². The standard InChI is InChI=1S/C26H26N4O3/c1-33-21-15-13-20(14-16-21)28-25(31)18-30-23-11-6-5-10-22(23)29-24(30)12-7-17-27-26(32)19-8-3-2-4-9-19/h2-6,8-11,13-16H,7,12,17-18H2,1H3,(H,27,32)(H,28,31). The summed E-state index contributed by atoms with van der Waals surface area (Å²) in [5.74, 6) is 1.32. The summed E-state index contributed by atoms with van der Waals surface area (Å²) < 4.78 is 7.10. The summed E-state index contributed by atoms with van der Waals surface area (Å²) in [7, 11) is 1.60. The third-order valence-corrected chi connectivity index (χ3v) is 5.31. The van der Waals surface area contributed by atoms with Gasteiger partial charge in [0.05, 0.1) is 18.1 Å². The van der Waals surface area contributed by atoms with Crippen molar-refractivity contribution in [2.24, 2.45) is 0 Å². The van der Waals surface area contributed by atoms with Gasteiger partial charge in [-0.3, -0.25) is 9.59 Å². The Kier molecular flexibility index (Phi) is 6.99. The number of anilines is 1. The monoisotopic (exact) mass is 442 g/mol. The Morgan fingerprint density at radius 3 is 2.42 bits per heavy atom. The molecule has 0 atom stereocenters. The second kappa shape index (κ2) is 10.5. The highest BCUT2D eigenvalue weighted by Gasteiger charge is 2.14. The van der Waals surface area contributed by atoms with Crippen molar-refractivity contribution in [2.45, 2.75) is 19.4 Å². The molecular formula is C26H26N4O3. The summed E-state index contributed by atoms with van der Waals surface area (Å²) in [6.07, 6.45) is 1.35. The molecule has 0 fully saturated rings. The number of nitrogens with zero attached hydrogens (tertiary/aromatic N) is 2. The molecule has 0 aliphatic rings. The van der Waals surface area contributed by atoms with Crippen molar-refractivity contribution in [3.63, 3.8) is 0 Å². The average Bonchev–Trinajstić information content (AvgIpc) is 3.19. The van der Waals surface area contributed by atoms with Crippen LogP contribution in [-0.2, 0) is 17.8 Å². The summed E-state index contributed by atoms with van der Waals surface area (Å²) in [5.41, 5.74) is 3.10. The number of hydrogen-bond donors (Lipinski definition) is 2. The van der Waals surface area contributed by atoms with E-state index in [4.69, 9.17) is 9.72 Å². The predicted octanol–water partition coefficient (Wildman–Crippen LogP) is 4.05. The van der Waals surface area contributed by atoms with E-state index >= 15 is 0 Å². The highest BCUT2D eigenvalue weighted by molar-refractivity contribution is 5.94. The number of carbonyl (C=O) groups excluding carboxylic acids is 2. The SMILES string of the molecule is COc1ccc(NC(=O)Cn2c(CCCNC(=O)c3ccccc3)nc3ccccc32)cc1. The van der Waals surface area contributed by atoms with Crippen LogP contribution in [0.1, 0.15) is 22.6 Å². The molecule has 168 valence electrons. The molecule has 0 aliphatic carbocycles. The first-order chi connectivity index (χ1) is 16.1. The van der Waals surface area contributed by atoms with Gasteiger partial charge in [0.15, 0.2) is 0 Å². The zero-order valence-electron chi connectivity index (χ0n) is 18.5. The van der Waals surface area contributed by atoms with Crippen LogP contribution in [-0.4, -0.2) is 35.0 Å². The zero-order valence-corrected chi connectivity index (χ0v) is 18.5. The first kappa shape index (κ1) is 22.1. The van der Waals surface area contributed by atoms with Gasteiger partial charge < -0.3 is 19.9 Å². The second-order valence-electron chi connectivity index (χ2n) is 7.61. The molecule has 1 heterocycles. The number of rotatable bonds is 9. The lowest BCUT2D eigenvalue weighted by molar-refractivity contribution is -0.116. The smallest absolute Gasteiger partial charge is 0.251 e. The molecule has 3 aromatic carbocycles. The van der Waals surface area contributed by atoms with E-state index < -0.39 is 0 Å². The highest BCUT2D eigenvalue weighted by atomic mass is 16.5. The molecule has 0 bridgehead atoms. The molecule has 0 saturated carbocycles.